The van der Waals surface area contributed by atoms with E-state index in [1.807, 2.05) is 0 Å². The minimum Gasteiger partial charge on any atom is -0.492 e. The zero-order chi connectivity index (χ0) is 14.9. The average molecular weight is 289 g/mol. The fraction of sp³-hybridized carbons (Fsp3) is 0.684. The maximum Gasteiger partial charge on any atom is 0.119 e. The van der Waals surface area contributed by atoms with Gasteiger partial charge in [-0.1, -0.05) is 45.2 Å². The molecule has 21 heavy (non-hydrogen) atoms. The van der Waals surface area contributed by atoms with E-state index in [9.17, 15) is 0 Å². The number of hydrogen-bond donors (Lipinski definition) is 1. The highest BCUT2D eigenvalue weighted by atomic mass is 16.5. The number of benzene rings is 1. The van der Waals surface area contributed by atoms with Crippen LogP contribution in [0.4, 0.5) is 0 Å². The summed E-state index contributed by atoms with van der Waals surface area (Å²) in [6.45, 7) is 6.35. The van der Waals surface area contributed by atoms with Crippen molar-refractivity contribution in [2.24, 2.45) is 5.92 Å². The fourth-order valence-electron chi connectivity index (χ4n) is 3.28. The van der Waals surface area contributed by atoms with Crippen molar-refractivity contribution in [1.29, 1.82) is 0 Å². The highest BCUT2D eigenvalue weighted by Gasteiger charge is 2.24. The Morgan fingerprint density at radius 3 is 2.43 bits per heavy atom. The first-order valence-electron chi connectivity index (χ1n) is 8.78. The molecule has 118 valence electrons. The zero-order valence-corrected chi connectivity index (χ0v) is 13.7. The Morgan fingerprint density at radius 2 is 1.81 bits per heavy atom. The summed E-state index contributed by atoms with van der Waals surface area (Å²) in [7, 11) is 0. The lowest BCUT2D eigenvalue weighted by atomic mass is 9.98. The number of ether oxygens (including phenoxy) is 1. The standard InChI is InChI=1S/C19H31NO/c1-3-7-16-10-12-18(13-11-16)21-15-19(20-14-4-2)17-8-5-6-9-17/h10-13,17,19-20H,3-9,14-15H2,1-2H3. The van der Waals surface area contributed by atoms with Crippen LogP contribution in [-0.2, 0) is 6.42 Å². The second-order valence-corrected chi connectivity index (χ2v) is 6.31. The lowest BCUT2D eigenvalue weighted by Gasteiger charge is -2.25. The van der Waals surface area contributed by atoms with Gasteiger partial charge in [0.15, 0.2) is 0 Å². The fourth-order valence-corrected chi connectivity index (χ4v) is 3.28. The van der Waals surface area contributed by atoms with Crippen molar-refractivity contribution < 1.29 is 4.74 Å². The van der Waals surface area contributed by atoms with E-state index in [4.69, 9.17) is 4.74 Å². The van der Waals surface area contributed by atoms with Gasteiger partial charge >= 0.3 is 0 Å². The van der Waals surface area contributed by atoms with Gasteiger partial charge in [-0.05, 0) is 55.8 Å². The van der Waals surface area contributed by atoms with Gasteiger partial charge in [0.25, 0.3) is 0 Å². The topological polar surface area (TPSA) is 21.3 Å². The highest BCUT2D eigenvalue weighted by molar-refractivity contribution is 5.27. The molecule has 2 nitrogen and oxygen atoms in total. The normalized spacial score (nSPS) is 17.0. The Labute approximate surface area is 130 Å². The van der Waals surface area contributed by atoms with E-state index in [0.717, 1.165) is 31.2 Å². The summed E-state index contributed by atoms with van der Waals surface area (Å²) in [6.07, 6.45) is 9.05. The summed E-state index contributed by atoms with van der Waals surface area (Å²) in [5, 5.41) is 3.69. The summed E-state index contributed by atoms with van der Waals surface area (Å²) in [4.78, 5) is 0. The molecule has 0 saturated heterocycles. The second kappa shape index (κ2) is 9.09. The third-order valence-corrected chi connectivity index (χ3v) is 4.52. The Kier molecular flexibility index (Phi) is 7.08. The number of nitrogens with one attached hydrogen (secondary N) is 1. The van der Waals surface area contributed by atoms with Crippen LogP contribution in [0, 0.1) is 5.92 Å². The summed E-state index contributed by atoms with van der Waals surface area (Å²) in [6, 6.07) is 9.15. The van der Waals surface area contributed by atoms with Crippen LogP contribution < -0.4 is 10.1 Å². The van der Waals surface area contributed by atoms with Gasteiger partial charge in [-0.25, -0.2) is 0 Å². The first-order chi connectivity index (χ1) is 10.3. The van der Waals surface area contributed by atoms with Crippen LogP contribution >= 0.6 is 0 Å². The Balaban J connectivity index is 1.84. The van der Waals surface area contributed by atoms with Crippen LogP contribution in [0.5, 0.6) is 5.75 Å². The molecule has 1 aromatic rings. The molecule has 0 bridgehead atoms. The predicted octanol–water partition coefficient (Wildman–Crippen LogP) is 4.58. The molecule has 1 atom stereocenters. The number of rotatable bonds is 9. The van der Waals surface area contributed by atoms with Gasteiger partial charge in [-0.2, -0.15) is 0 Å². The van der Waals surface area contributed by atoms with Crippen LogP contribution in [-0.4, -0.2) is 19.2 Å². The summed E-state index contributed by atoms with van der Waals surface area (Å²) in [5.74, 6) is 1.81. The predicted molar refractivity (Wildman–Crippen MR) is 90.0 cm³/mol. The van der Waals surface area contributed by atoms with Crippen molar-refractivity contribution in [3.8, 4) is 5.75 Å². The molecule has 1 aromatic carbocycles. The lowest BCUT2D eigenvalue weighted by molar-refractivity contribution is 0.217. The van der Waals surface area contributed by atoms with E-state index in [1.54, 1.807) is 0 Å². The summed E-state index contributed by atoms with van der Waals surface area (Å²) in [5.41, 5.74) is 1.40. The van der Waals surface area contributed by atoms with Crippen molar-refractivity contribution in [3.05, 3.63) is 29.8 Å². The van der Waals surface area contributed by atoms with E-state index >= 15 is 0 Å². The van der Waals surface area contributed by atoms with E-state index < -0.39 is 0 Å². The van der Waals surface area contributed by atoms with Gasteiger partial charge in [-0.3, -0.25) is 0 Å². The maximum absolute atomic E-state index is 6.05. The third kappa shape index (κ3) is 5.35. The largest absolute Gasteiger partial charge is 0.492 e. The monoisotopic (exact) mass is 289 g/mol. The molecule has 0 amide bonds. The molecule has 2 heteroatoms. The van der Waals surface area contributed by atoms with Crippen LogP contribution in [0.1, 0.15) is 57.9 Å². The zero-order valence-electron chi connectivity index (χ0n) is 13.7. The van der Waals surface area contributed by atoms with E-state index in [-0.39, 0.29) is 0 Å². The van der Waals surface area contributed by atoms with Gasteiger partial charge in [0.05, 0.1) is 0 Å². The van der Waals surface area contributed by atoms with Crippen LogP contribution in [0.25, 0.3) is 0 Å². The lowest BCUT2D eigenvalue weighted by Crippen LogP contribution is -2.40. The first-order valence-corrected chi connectivity index (χ1v) is 8.78. The average Bonchev–Trinajstić information content (AvgIpc) is 3.03. The first kappa shape index (κ1) is 16.4. The Morgan fingerprint density at radius 1 is 1.10 bits per heavy atom. The molecule has 1 fully saturated rings. The molecule has 0 heterocycles. The van der Waals surface area contributed by atoms with Crippen molar-refractivity contribution in [2.75, 3.05) is 13.2 Å². The van der Waals surface area contributed by atoms with E-state index in [0.29, 0.717) is 6.04 Å². The minimum atomic E-state index is 0.516. The van der Waals surface area contributed by atoms with Crippen LogP contribution in [0.2, 0.25) is 0 Å². The van der Waals surface area contributed by atoms with Crippen molar-refractivity contribution in [2.45, 2.75) is 64.8 Å². The molecular weight excluding hydrogens is 258 g/mol. The smallest absolute Gasteiger partial charge is 0.119 e. The minimum absolute atomic E-state index is 0.516. The molecule has 1 unspecified atom stereocenters. The van der Waals surface area contributed by atoms with Gasteiger partial charge < -0.3 is 10.1 Å². The molecule has 1 aliphatic rings. The van der Waals surface area contributed by atoms with Crippen LogP contribution in [0.3, 0.4) is 0 Å². The Hall–Kier alpha value is -1.02. The molecular formula is C19H31NO. The van der Waals surface area contributed by atoms with Crippen molar-refractivity contribution in [1.82, 2.24) is 5.32 Å². The number of aryl methyl sites for hydroxylation is 1. The van der Waals surface area contributed by atoms with Crippen molar-refractivity contribution in [3.63, 3.8) is 0 Å². The van der Waals surface area contributed by atoms with Gasteiger partial charge in [-0.15, -0.1) is 0 Å². The molecule has 0 aliphatic heterocycles. The second-order valence-electron chi connectivity index (χ2n) is 6.31. The molecule has 1 N–H and O–H groups in total. The Bertz CT molecular complexity index is 381. The summed E-state index contributed by atoms with van der Waals surface area (Å²) >= 11 is 0. The summed E-state index contributed by atoms with van der Waals surface area (Å²) < 4.78 is 6.05. The molecule has 0 radical (unpaired) electrons. The van der Waals surface area contributed by atoms with Gasteiger partial charge in [0, 0.05) is 6.04 Å². The molecule has 1 saturated carbocycles. The van der Waals surface area contributed by atoms with E-state index in [2.05, 4.69) is 43.4 Å². The highest BCUT2D eigenvalue weighted by Crippen LogP contribution is 2.28. The van der Waals surface area contributed by atoms with E-state index in [1.165, 1.54) is 44.1 Å². The van der Waals surface area contributed by atoms with Crippen LogP contribution in [0.15, 0.2) is 24.3 Å². The quantitative estimate of drug-likeness (QED) is 0.718. The van der Waals surface area contributed by atoms with Gasteiger partial charge in [0.2, 0.25) is 0 Å². The van der Waals surface area contributed by atoms with Crippen molar-refractivity contribution >= 4 is 0 Å². The van der Waals surface area contributed by atoms with Gasteiger partial charge in [0.1, 0.15) is 12.4 Å². The maximum atomic E-state index is 6.05. The molecule has 1 aliphatic carbocycles. The molecule has 2 rings (SSSR count). The molecule has 0 spiro atoms. The molecule has 0 aromatic heterocycles. The number of hydrogen-bond acceptors (Lipinski definition) is 2. The SMILES string of the molecule is CCCNC(COc1ccc(CCC)cc1)C1CCCC1. The third-order valence-electron chi connectivity index (χ3n) is 4.52.